The lowest BCUT2D eigenvalue weighted by Gasteiger charge is -2.21. The Morgan fingerprint density at radius 1 is 1.42 bits per heavy atom. The summed E-state index contributed by atoms with van der Waals surface area (Å²) in [5.41, 5.74) is 0.400. The van der Waals surface area contributed by atoms with Gasteiger partial charge >= 0.3 is 12.0 Å². The number of nitrogens with zero attached hydrogens (tertiary/aromatic N) is 1. The molecule has 0 radical (unpaired) electrons. The molecule has 0 aromatic heterocycles. The minimum absolute atomic E-state index is 0.305. The monoisotopic (exact) mass is 320 g/mol. The highest BCUT2D eigenvalue weighted by Crippen LogP contribution is 2.27. The highest BCUT2D eigenvalue weighted by Gasteiger charge is 2.34. The van der Waals surface area contributed by atoms with E-state index in [0.29, 0.717) is 27.4 Å². The van der Waals surface area contributed by atoms with E-state index < -0.39 is 18.0 Å². The number of thioether (sulfide) groups is 1. The van der Waals surface area contributed by atoms with Crippen molar-refractivity contribution in [2.24, 2.45) is 0 Å². The van der Waals surface area contributed by atoms with Crippen molar-refractivity contribution in [1.82, 2.24) is 4.90 Å². The molecule has 1 saturated heterocycles. The van der Waals surface area contributed by atoms with Crippen LogP contribution in [0.15, 0.2) is 18.2 Å². The van der Waals surface area contributed by atoms with Gasteiger partial charge in [-0.15, -0.1) is 11.8 Å². The van der Waals surface area contributed by atoms with Gasteiger partial charge in [0.1, 0.15) is 6.04 Å². The highest BCUT2D eigenvalue weighted by molar-refractivity contribution is 7.99. The fourth-order valence-corrected chi connectivity index (χ4v) is 3.23. The normalized spacial score (nSPS) is 18.4. The SMILES string of the molecule is O=C(O)C1CSCN1C(=O)Nc1ccc(Cl)cc1Cl. The van der Waals surface area contributed by atoms with Gasteiger partial charge < -0.3 is 15.3 Å². The number of urea groups is 1. The Hall–Kier alpha value is -1.11. The van der Waals surface area contributed by atoms with Crippen molar-refractivity contribution >= 4 is 52.7 Å². The lowest BCUT2D eigenvalue weighted by Crippen LogP contribution is -2.44. The number of carboxylic acid groups (broad SMARTS) is 1. The Kier molecular flexibility index (Phi) is 4.44. The molecule has 1 aliphatic rings. The van der Waals surface area contributed by atoms with Crippen LogP contribution < -0.4 is 5.32 Å². The van der Waals surface area contributed by atoms with E-state index in [0.717, 1.165) is 0 Å². The molecule has 1 heterocycles. The largest absolute Gasteiger partial charge is 0.480 e. The van der Waals surface area contributed by atoms with E-state index in [2.05, 4.69) is 5.32 Å². The smallest absolute Gasteiger partial charge is 0.327 e. The van der Waals surface area contributed by atoms with E-state index in [4.69, 9.17) is 28.3 Å². The fourth-order valence-electron chi connectivity index (χ4n) is 1.63. The second kappa shape index (κ2) is 5.90. The van der Waals surface area contributed by atoms with Crippen LogP contribution in [0, 0.1) is 0 Å². The summed E-state index contributed by atoms with van der Waals surface area (Å²) in [4.78, 5) is 24.3. The number of carbonyl (C=O) groups is 2. The van der Waals surface area contributed by atoms with Crippen LogP contribution in [0.5, 0.6) is 0 Å². The fraction of sp³-hybridized carbons (Fsp3) is 0.273. The molecule has 0 aliphatic carbocycles. The summed E-state index contributed by atoms with van der Waals surface area (Å²) in [7, 11) is 0. The zero-order chi connectivity index (χ0) is 14.0. The van der Waals surface area contributed by atoms with Gasteiger partial charge in [0.25, 0.3) is 0 Å². The number of nitrogens with one attached hydrogen (secondary N) is 1. The van der Waals surface area contributed by atoms with Crippen molar-refractivity contribution in [2.45, 2.75) is 6.04 Å². The van der Waals surface area contributed by atoms with E-state index in [9.17, 15) is 9.59 Å². The Bertz CT molecular complexity index is 527. The second-order valence-corrected chi connectivity index (χ2v) is 5.72. The highest BCUT2D eigenvalue weighted by atomic mass is 35.5. The lowest BCUT2D eigenvalue weighted by molar-refractivity contribution is -0.140. The summed E-state index contributed by atoms with van der Waals surface area (Å²) in [5, 5.41) is 12.4. The summed E-state index contributed by atoms with van der Waals surface area (Å²) >= 11 is 13.1. The summed E-state index contributed by atoms with van der Waals surface area (Å²) in [5.74, 6) is -0.284. The topological polar surface area (TPSA) is 69.6 Å². The van der Waals surface area contributed by atoms with Crippen LogP contribution in [0.25, 0.3) is 0 Å². The molecule has 1 aromatic carbocycles. The molecule has 19 heavy (non-hydrogen) atoms. The molecule has 0 bridgehead atoms. The standard InChI is InChI=1S/C11H10Cl2N2O3S/c12-6-1-2-8(7(13)3-6)14-11(18)15-5-19-4-9(15)10(16)17/h1-3,9H,4-5H2,(H,14,18)(H,16,17). The van der Waals surface area contributed by atoms with Crippen LogP contribution in [0.3, 0.4) is 0 Å². The Labute approximate surface area is 123 Å². The number of anilines is 1. The third-order valence-corrected chi connectivity index (χ3v) is 4.16. The molecule has 1 atom stereocenters. The Morgan fingerprint density at radius 2 is 2.16 bits per heavy atom. The lowest BCUT2D eigenvalue weighted by atomic mass is 10.3. The van der Waals surface area contributed by atoms with Crippen LogP contribution in [0.4, 0.5) is 10.5 Å². The molecule has 1 aliphatic heterocycles. The van der Waals surface area contributed by atoms with E-state index in [1.54, 1.807) is 12.1 Å². The van der Waals surface area contributed by atoms with Gasteiger partial charge in [-0.25, -0.2) is 9.59 Å². The second-order valence-electron chi connectivity index (χ2n) is 3.88. The van der Waals surface area contributed by atoms with E-state index in [1.165, 1.54) is 22.7 Å². The van der Waals surface area contributed by atoms with Gasteiger partial charge in [0.15, 0.2) is 0 Å². The molecule has 0 saturated carbocycles. The van der Waals surface area contributed by atoms with Crippen LogP contribution in [0.2, 0.25) is 10.0 Å². The van der Waals surface area contributed by atoms with Crippen molar-refractivity contribution in [3.8, 4) is 0 Å². The van der Waals surface area contributed by atoms with Crippen molar-refractivity contribution in [2.75, 3.05) is 16.9 Å². The summed E-state index contributed by atoms with van der Waals surface area (Å²) < 4.78 is 0. The summed E-state index contributed by atoms with van der Waals surface area (Å²) in [6, 6.07) is 3.38. The first-order valence-corrected chi connectivity index (χ1v) is 7.23. The van der Waals surface area contributed by atoms with Crippen molar-refractivity contribution in [1.29, 1.82) is 0 Å². The van der Waals surface area contributed by atoms with Gasteiger partial charge in [-0.2, -0.15) is 0 Å². The molecule has 2 N–H and O–H groups in total. The van der Waals surface area contributed by atoms with Gasteiger partial charge in [0.05, 0.1) is 16.6 Å². The van der Waals surface area contributed by atoms with Crippen molar-refractivity contribution in [3.05, 3.63) is 28.2 Å². The predicted octanol–water partition coefficient (Wildman–Crippen LogP) is 2.98. The predicted molar refractivity (Wildman–Crippen MR) is 76.1 cm³/mol. The molecule has 1 unspecified atom stereocenters. The van der Waals surface area contributed by atoms with Crippen molar-refractivity contribution < 1.29 is 14.7 Å². The van der Waals surface area contributed by atoms with Crippen LogP contribution in [-0.2, 0) is 4.79 Å². The molecule has 1 aromatic rings. The third-order valence-electron chi connectivity index (χ3n) is 2.60. The third kappa shape index (κ3) is 3.26. The zero-order valence-corrected chi connectivity index (χ0v) is 11.9. The maximum Gasteiger partial charge on any atom is 0.327 e. The number of carbonyl (C=O) groups excluding carboxylic acids is 1. The molecule has 8 heteroatoms. The molecule has 102 valence electrons. The maximum absolute atomic E-state index is 12.0. The first kappa shape index (κ1) is 14.3. The van der Waals surface area contributed by atoms with E-state index >= 15 is 0 Å². The van der Waals surface area contributed by atoms with Gasteiger partial charge in [-0.05, 0) is 18.2 Å². The molecule has 2 rings (SSSR count). The number of benzene rings is 1. The quantitative estimate of drug-likeness (QED) is 0.878. The van der Waals surface area contributed by atoms with Crippen LogP contribution in [-0.4, -0.2) is 39.7 Å². The average Bonchev–Trinajstić information content (AvgIpc) is 2.82. The van der Waals surface area contributed by atoms with Gasteiger partial charge in [-0.3, -0.25) is 0 Å². The first-order chi connectivity index (χ1) is 8.99. The van der Waals surface area contributed by atoms with Crippen LogP contribution >= 0.6 is 35.0 Å². The minimum Gasteiger partial charge on any atom is -0.480 e. The average molecular weight is 321 g/mol. The molecule has 2 amide bonds. The van der Waals surface area contributed by atoms with E-state index in [1.807, 2.05) is 0 Å². The van der Waals surface area contributed by atoms with Crippen LogP contribution in [0.1, 0.15) is 0 Å². The number of hydrogen-bond acceptors (Lipinski definition) is 3. The molecular formula is C11H10Cl2N2O3S. The number of carboxylic acids is 1. The molecular weight excluding hydrogens is 311 g/mol. The molecule has 1 fully saturated rings. The number of hydrogen-bond donors (Lipinski definition) is 2. The number of rotatable bonds is 2. The molecule has 0 spiro atoms. The van der Waals surface area contributed by atoms with E-state index in [-0.39, 0.29) is 0 Å². The number of amides is 2. The first-order valence-electron chi connectivity index (χ1n) is 5.32. The number of halogens is 2. The summed E-state index contributed by atoms with van der Waals surface area (Å²) in [6.07, 6.45) is 0. The van der Waals surface area contributed by atoms with Gasteiger partial charge in [-0.1, -0.05) is 23.2 Å². The minimum atomic E-state index is -1.01. The van der Waals surface area contributed by atoms with Gasteiger partial charge in [0, 0.05) is 10.8 Å². The summed E-state index contributed by atoms with van der Waals surface area (Å²) in [6.45, 7) is 0. The van der Waals surface area contributed by atoms with Gasteiger partial charge in [0.2, 0.25) is 0 Å². The van der Waals surface area contributed by atoms with Crippen molar-refractivity contribution in [3.63, 3.8) is 0 Å². The molecule has 5 nitrogen and oxygen atoms in total. The Balaban J connectivity index is 2.10. The maximum atomic E-state index is 12.0. The Morgan fingerprint density at radius 3 is 2.79 bits per heavy atom. The zero-order valence-electron chi connectivity index (χ0n) is 9.60. The number of aliphatic carboxylic acids is 1.